The Bertz CT molecular complexity index is 1040. The van der Waals surface area contributed by atoms with Crippen LogP contribution in [0, 0.1) is 0 Å². The molecule has 25 heavy (non-hydrogen) atoms. The quantitative estimate of drug-likeness (QED) is 0.356. The van der Waals surface area contributed by atoms with Gasteiger partial charge in [0.2, 0.25) is 0 Å². The van der Waals surface area contributed by atoms with E-state index in [1.54, 1.807) is 30.7 Å². The maximum Gasteiger partial charge on any atom is 0.271 e. The van der Waals surface area contributed by atoms with Gasteiger partial charge in [-0.05, 0) is 24.3 Å². The number of benzene rings is 2. The zero-order valence-electron chi connectivity index (χ0n) is 13.3. The fraction of sp³-hybridized carbons (Fsp3) is 0. The summed E-state index contributed by atoms with van der Waals surface area (Å²) in [6.45, 7) is 0. The molecule has 0 aliphatic carbocycles. The lowest BCUT2D eigenvalue weighted by atomic mass is 10.0. The van der Waals surface area contributed by atoms with Crippen molar-refractivity contribution in [2.24, 2.45) is 5.10 Å². The third-order valence-corrected chi connectivity index (χ3v) is 3.93. The summed E-state index contributed by atoms with van der Waals surface area (Å²) in [6, 6.07) is 19.1. The van der Waals surface area contributed by atoms with Gasteiger partial charge in [-0.25, -0.2) is 10.4 Å². The Balaban J connectivity index is 1.73. The van der Waals surface area contributed by atoms with Gasteiger partial charge in [-0.15, -0.1) is 0 Å². The minimum atomic E-state index is -0.277. The molecule has 2 heterocycles. The standard InChI is InChI=1S/C20H14N4O/c25-20(14-9-11-21-12-10-14)24-22-13-17-15-5-1-3-7-18(15)23-19-8-4-2-6-16(17)19/h1-13H,(H,24,25)/b22-13-. The first-order valence-electron chi connectivity index (χ1n) is 7.84. The van der Waals surface area contributed by atoms with Crippen LogP contribution >= 0.6 is 0 Å². The predicted molar refractivity (Wildman–Crippen MR) is 98.5 cm³/mol. The molecule has 0 atom stereocenters. The second-order valence-corrected chi connectivity index (χ2v) is 5.49. The summed E-state index contributed by atoms with van der Waals surface area (Å²) in [4.78, 5) is 20.7. The summed E-state index contributed by atoms with van der Waals surface area (Å²) in [6.07, 6.45) is 4.82. The molecule has 0 spiro atoms. The second-order valence-electron chi connectivity index (χ2n) is 5.49. The number of nitrogens with one attached hydrogen (secondary N) is 1. The Morgan fingerprint density at radius 1 is 0.880 bits per heavy atom. The molecular weight excluding hydrogens is 312 g/mol. The van der Waals surface area contributed by atoms with E-state index in [1.807, 2.05) is 48.5 Å². The highest BCUT2D eigenvalue weighted by molar-refractivity contribution is 6.10. The van der Waals surface area contributed by atoms with Gasteiger partial charge in [0, 0.05) is 34.3 Å². The molecule has 0 bridgehead atoms. The van der Waals surface area contributed by atoms with Crippen LogP contribution in [0.5, 0.6) is 0 Å². The smallest absolute Gasteiger partial charge is 0.267 e. The summed E-state index contributed by atoms with van der Waals surface area (Å²) in [5, 5.41) is 6.12. The van der Waals surface area contributed by atoms with E-state index in [1.165, 1.54) is 0 Å². The molecule has 2 aromatic heterocycles. The number of amides is 1. The summed E-state index contributed by atoms with van der Waals surface area (Å²) in [5.74, 6) is -0.277. The minimum Gasteiger partial charge on any atom is -0.267 e. The number of rotatable bonds is 3. The van der Waals surface area contributed by atoms with Gasteiger partial charge >= 0.3 is 0 Å². The second kappa shape index (κ2) is 6.49. The number of carbonyl (C=O) groups is 1. The molecule has 0 unspecified atom stereocenters. The number of hydrazone groups is 1. The number of aromatic nitrogens is 2. The Labute approximate surface area is 144 Å². The van der Waals surface area contributed by atoms with E-state index >= 15 is 0 Å². The molecule has 2 aromatic carbocycles. The van der Waals surface area contributed by atoms with Crippen molar-refractivity contribution in [1.82, 2.24) is 15.4 Å². The van der Waals surface area contributed by atoms with E-state index in [4.69, 9.17) is 0 Å². The minimum absolute atomic E-state index is 0.277. The Kier molecular flexibility index (Phi) is 3.88. The number of pyridine rings is 2. The fourth-order valence-corrected chi connectivity index (χ4v) is 2.74. The first kappa shape index (κ1) is 15.0. The van der Waals surface area contributed by atoms with Crippen LogP contribution in [0.2, 0.25) is 0 Å². The van der Waals surface area contributed by atoms with Crippen molar-refractivity contribution in [2.75, 3.05) is 0 Å². The van der Waals surface area contributed by atoms with Gasteiger partial charge in [-0.1, -0.05) is 36.4 Å². The van der Waals surface area contributed by atoms with Gasteiger partial charge in [-0.2, -0.15) is 5.10 Å². The van der Waals surface area contributed by atoms with Crippen LogP contribution in [0.25, 0.3) is 21.8 Å². The third-order valence-electron chi connectivity index (χ3n) is 3.93. The van der Waals surface area contributed by atoms with Crippen molar-refractivity contribution < 1.29 is 4.79 Å². The Hall–Kier alpha value is -3.60. The predicted octanol–water partition coefficient (Wildman–Crippen LogP) is 3.55. The van der Waals surface area contributed by atoms with E-state index in [9.17, 15) is 4.79 Å². The lowest BCUT2D eigenvalue weighted by Gasteiger charge is -2.07. The Morgan fingerprint density at radius 2 is 1.48 bits per heavy atom. The zero-order valence-corrected chi connectivity index (χ0v) is 13.3. The van der Waals surface area contributed by atoms with Crippen LogP contribution in [-0.4, -0.2) is 22.1 Å². The van der Waals surface area contributed by atoms with E-state index in [0.29, 0.717) is 5.56 Å². The van der Waals surface area contributed by atoms with E-state index < -0.39 is 0 Å². The fourth-order valence-electron chi connectivity index (χ4n) is 2.74. The van der Waals surface area contributed by atoms with Gasteiger partial charge in [0.25, 0.3) is 5.91 Å². The van der Waals surface area contributed by atoms with E-state index in [0.717, 1.165) is 27.4 Å². The lowest BCUT2D eigenvalue weighted by Crippen LogP contribution is -2.17. The monoisotopic (exact) mass is 326 g/mol. The SMILES string of the molecule is O=C(N/N=C\c1c2ccccc2nc2ccccc12)c1ccncc1. The molecule has 0 aliphatic rings. The van der Waals surface area contributed by atoms with Crippen molar-refractivity contribution in [2.45, 2.75) is 0 Å². The summed E-state index contributed by atoms with van der Waals surface area (Å²) < 4.78 is 0. The lowest BCUT2D eigenvalue weighted by molar-refractivity contribution is 0.0955. The van der Waals surface area contributed by atoms with Crippen molar-refractivity contribution >= 4 is 33.9 Å². The van der Waals surface area contributed by atoms with Crippen molar-refractivity contribution in [3.05, 3.63) is 84.2 Å². The summed E-state index contributed by atoms with van der Waals surface area (Å²) in [5.41, 5.74) is 5.78. The topological polar surface area (TPSA) is 67.2 Å². The average Bonchev–Trinajstić information content (AvgIpc) is 2.68. The molecule has 1 N–H and O–H groups in total. The molecule has 0 fully saturated rings. The molecule has 4 aromatic rings. The maximum atomic E-state index is 12.1. The van der Waals surface area contributed by atoms with Crippen LogP contribution < -0.4 is 5.43 Å². The maximum absolute atomic E-state index is 12.1. The molecule has 5 nitrogen and oxygen atoms in total. The molecule has 1 amide bonds. The number of fused-ring (bicyclic) bond motifs is 2. The van der Waals surface area contributed by atoms with Crippen molar-refractivity contribution in [3.63, 3.8) is 0 Å². The molecule has 5 heteroatoms. The first-order valence-corrected chi connectivity index (χ1v) is 7.84. The van der Waals surface area contributed by atoms with E-state index in [-0.39, 0.29) is 5.91 Å². The van der Waals surface area contributed by atoms with Crippen LogP contribution in [0.3, 0.4) is 0 Å². The van der Waals surface area contributed by atoms with Crippen molar-refractivity contribution in [3.8, 4) is 0 Å². The number of hydrogen-bond donors (Lipinski definition) is 1. The van der Waals surface area contributed by atoms with Crippen LogP contribution in [0.15, 0.2) is 78.2 Å². The molecular formula is C20H14N4O. The molecule has 0 saturated carbocycles. The van der Waals surface area contributed by atoms with Crippen LogP contribution in [-0.2, 0) is 0 Å². The highest BCUT2D eigenvalue weighted by Gasteiger charge is 2.07. The van der Waals surface area contributed by atoms with E-state index in [2.05, 4.69) is 20.5 Å². The summed E-state index contributed by atoms with van der Waals surface area (Å²) in [7, 11) is 0. The molecule has 120 valence electrons. The normalized spacial score (nSPS) is 11.2. The third kappa shape index (κ3) is 2.95. The molecule has 0 aliphatic heterocycles. The molecule has 0 radical (unpaired) electrons. The van der Waals surface area contributed by atoms with Crippen LogP contribution in [0.1, 0.15) is 15.9 Å². The average molecular weight is 326 g/mol. The van der Waals surface area contributed by atoms with Crippen LogP contribution in [0.4, 0.5) is 0 Å². The van der Waals surface area contributed by atoms with Gasteiger partial charge < -0.3 is 0 Å². The van der Waals surface area contributed by atoms with Gasteiger partial charge in [-0.3, -0.25) is 9.78 Å². The Morgan fingerprint density at radius 3 is 2.12 bits per heavy atom. The highest BCUT2D eigenvalue weighted by Crippen LogP contribution is 2.24. The highest BCUT2D eigenvalue weighted by atomic mass is 16.2. The summed E-state index contributed by atoms with van der Waals surface area (Å²) >= 11 is 0. The molecule has 0 saturated heterocycles. The number of nitrogens with zero attached hydrogens (tertiary/aromatic N) is 3. The van der Waals surface area contributed by atoms with Gasteiger partial charge in [0.15, 0.2) is 0 Å². The number of para-hydroxylation sites is 2. The number of carbonyl (C=O) groups excluding carboxylic acids is 1. The van der Waals surface area contributed by atoms with Crippen molar-refractivity contribution in [1.29, 1.82) is 0 Å². The van der Waals surface area contributed by atoms with Gasteiger partial charge in [0.1, 0.15) is 0 Å². The van der Waals surface area contributed by atoms with Gasteiger partial charge in [0.05, 0.1) is 17.2 Å². The number of hydrogen-bond acceptors (Lipinski definition) is 4. The largest absolute Gasteiger partial charge is 0.271 e. The molecule has 4 rings (SSSR count). The first-order chi connectivity index (χ1) is 12.3. The zero-order chi connectivity index (χ0) is 17.1.